The van der Waals surface area contributed by atoms with Gasteiger partial charge in [0.2, 0.25) is 5.91 Å². The molecule has 0 aliphatic carbocycles. The fraction of sp³-hybridized carbons (Fsp3) is 0.217. The summed E-state index contributed by atoms with van der Waals surface area (Å²) in [5.74, 6) is -1.30. The molecule has 3 rings (SSSR count). The Morgan fingerprint density at radius 1 is 1.09 bits per heavy atom. The van der Waals surface area contributed by atoms with Crippen molar-refractivity contribution in [3.05, 3.63) is 86.6 Å². The maximum atomic E-state index is 13.0. The number of nitrogens with two attached hydrogens (primary N) is 2. The van der Waals surface area contributed by atoms with Crippen molar-refractivity contribution >= 4 is 29.0 Å². The number of rotatable bonds is 10. The van der Waals surface area contributed by atoms with Gasteiger partial charge in [0.15, 0.2) is 0 Å². The van der Waals surface area contributed by atoms with Crippen molar-refractivity contribution in [2.24, 2.45) is 5.73 Å². The highest BCUT2D eigenvalue weighted by Gasteiger charge is 2.22. The number of nitrogens with zero attached hydrogens (tertiary/aromatic N) is 2. The molecule has 178 valence electrons. The van der Waals surface area contributed by atoms with E-state index in [-0.39, 0.29) is 49.0 Å². The lowest BCUT2D eigenvalue weighted by atomic mass is 10.1. The maximum absolute atomic E-state index is 13.0. The van der Waals surface area contributed by atoms with Crippen molar-refractivity contribution in [1.29, 1.82) is 0 Å². The lowest BCUT2D eigenvalue weighted by Crippen LogP contribution is -2.41. The van der Waals surface area contributed by atoms with E-state index in [0.29, 0.717) is 0 Å². The number of aromatic amines is 1. The minimum Gasteiger partial charge on any atom is -0.383 e. The van der Waals surface area contributed by atoms with Crippen LogP contribution in [0, 0.1) is 0 Å². The lowest BCUT2D eigenvalue weighted by molar-refractivity contribution is -0.115. The maximum Gasteiger partial charge on any atom is 0.330 e. The molecule has 0 fully saturated rings. The van der Waals surface area contributed by atoms with Crippen LogP contribution in [0.25, 0.3) is 0 Å². The Balaban J connectivity index is 1.99. The number of nitrogens with one attached hydrogen (secondary N) is 2. The third kappa shape index (κ3) is 5.70. The number of hydrogen-bond acceptors (Lipinski definition) is 7. The quantitative estimate of drug-likeness (QED) is 0.338. The summed E-state index contributed by atoms with van der Waals surface area (Å²) in [6.07, 6.45) is 0. The summed E-state index contributed by atoms with van der Waals surface area (Å²) in [7, 11) is 1.48. The molecule has 1 aromatic heterocycles. The van der Waals surface area contributed by atoms with E-state index in [9.17, 15) is 19.2 Å². The standard InChI is InChI=1S/C23H26N6O5/c1-34-12-11-29-20(24)19(22(32)27-23(29)33)28(13-15-7-3-2-4-8-15)14-18(30)26-17-10-6-5-9-16(17)21(25)31/h2-10H,11-14,24H2,1H3,(H2,25,31)(H,26,30)(H,27,32,33). The third-order valence-corrected chi connectivity index (χ3v) is 5.07. The smallest absolute Gasteiger partial charge is 0.330 e. The van der Waals surface area contributed by atoms with Crippen LogP contribution in [0.1, 0.15) is 15.9 Å². The van der Waals surface area contributed by atoms with Gasteiger partial charge in [0, 0.05) is 13.7 Å². The minimum absolute atomic E-state index is 0.0297. The molecule has 0 aliphatic heterocycles. The molecule has 34 heavy (non-hydrogen) atoms. The average molecular weight is 466 g/mol. The van der Waals surface area contributed by atoms with Crippen LogP contribution >= 0.6 is 0 Å². The first-order valence-electron chi connectivity index (χ1n) is 10.4. The molecule has 11 nitrogen and oxygen atoms in total. The van der Waals surface area contributed by atoms with Gasteiger partial charge >= 0.3 is 5.69 Å². The summed E-state index contributed by atoms with van der Waals surface area (Å²) in [5, 5.41) is 2.65. The fourth-order valence-electron chi connectivity index (χ4n) is 3.48. The molecule has 0 saturated carbocycles. The van der Waals surface area contributed by atoms with E-state index in [0.717, 1.165) is 5.56 Å². The average Bonchev–Trinajstić information content (AvgIpc) is 2.79. The van der Waals surface area contributed by atoms with E-state index in [1.807, 2.05) is 30.3 Å². The normalized spacial score (nSPS) is 10.6. The monoisotopic (exact) mass is 466 g/mol. The van der Waals surface area contributed by atoms with Crippen LogP contribution in [0.2, 0.25) is 0 Å². The summed E-state index contributed by atoms with van der Waals surface area (Å²) in [6.45, 7) is 0.167. The summed E-state index contributed by atoms with van der Waals surface area (Å²) < 4.78 is 6.20. The molecule has 11 heteroatoms. The molecule has 6 N–H and O–H groups in total. The number of H-pyrrole nitrogens is 1. The summed E-state index contributed by atoms with van der Waals surface area (Å²) in [6, 6.07) is 15.5. The number of carbonyl (C=O) groups excluding carboxylic acids is 2. The fourth-order valence-corrected chi connectivity index (χ4v) is 3.48. The first kappa shape index (κ1) is 24.3. The second-order valence-electron chi connectivity index (χ2n) is 7.44. The second kappa shape index (κ2) is 11.0. The van der Waals surface area contributed by atoms with Crippen LogP contribution in [0.15, 0.2) is 64.2 Å². The Bertz CT molecular complexity index is 1280. The van der Waals surface area contributed by atoms with Crippen molar-refractivity contribution in [2.75, 3.05) is 36.2 Å². The van der Waals surface area contributed by atoms with E-state index < -0.39 is 23.1 Å². The number of anilines is 3. The van der Waals surface area contributed by atoms with Gasteiger partial charge in [-0.25, -0.2) is 4.79 Å². The number of hydrogen-bond donors (Lipinski definition) is 4. The van der Waals surface area contributed by atoms with Crippen molar-refractivity contribution < 1.29 is 14.3 Å². The molecule has 1 heterocycles. The molecular weight excluding hydrogens is 440 g/mol. The Labute approximate surface area is 194 Å². The zero-order valence-electron chi connectivity index (χ0n) is 18.6. The molecule has 0 unspecified atom stereocenters. The van der Waals surface area contributed by atoms with E-state index in [4.69, 9.17) is 16.2 Å². The van der Waals surface area contributed by atoms with Crippen LogP contribution in [0.4, 0.5) is 17.2 Å². The van der Waals surface area contributed by atoms with Crippen molar-refractivity contribution in [2.45, 2.75) is 13.1 Å². The number of methoxy groups -OCH3 is 1. The lowest BCUT2D eigenvalue weighted by Gasteiger charge is -2.26. The minimum atomic E-state index is -0.725. The van der Waals surface area contributed by atoms with Crippen LogP contribution < -0.4 is 32.9 Å². The number of nitrogen functional groups attached to an aromatic ring is 1. The molecule has 0 spiro atoms. The number of aromatic nitrogens is 2. The highest BCUT2D eigenvalue weighted by atomic mass is 16.5. The van der Waals surface area contributed by atoms with Gasteiger partial charge < -0.3 is 26.4 Å². The molecule has 0 aliphatic rings. The Kier molecular flexibility index (Phi) is 7.83. The summed E-state index contributed by atoms with van der Waals surface area (Å²) >= 11 is 0. The zero-order valence-corrected chi connectivity index (χ0v) is 18.6. The molecule has 0 radical (unpaired) electrons. The molecule has 0 bridgehead atoms. The summed E-state index contributed by atoms with van der Waals surface area (Å²) in [5.41, 5.74) is 11.4. The summed E-state index contributed by atoms with van der Waals surface area (Å²) in [4.78, 5) is 53.5. The topological polar surface area (TPSA) is 166 Å². The number of primary amides is 1. The zero-order chi connectivity index (χ0) is 24.7. The molecule has 2 aromatic carbocycles. The van der Waals surface area contributed by atoms with Crippen molar-refractivity contribution in [3.8, 4) is 0 Å². The van der Waals surface area contributed by atoms with Gasteiger partial charge in [0.25, 0.3) is 11.5 Å². The van der Waals surface area contributed by atoms with E-state index in [2.05, 4.69) is 10.3 Å². The SMILES string of the molecule is COCCn1c(N)c(N(CC(=O)Nc2ccccc2C(N)=O)Cc2ccccc2)c(=O)[nH]c1=O. The highest BCUT2D eigenvalue weighted by molar-refractivity contribution is 6.04. The number of para-hydroxylation sites is 1. The Hall–Kier alpha value is -4.38. The third-order valence-electron chi connectivity index (χ3n) is 5.07. The number of ether oxygens (including phenoxy) is 1. The van der Waals surface area contributed by atoms with E-state index in [1.54, 1.807) is 18.2 Å². The van der Waals surface area contributed by atoms with Gasteiger partial charge in [-0.3, -0.25) is 23.9 Å². The van der Waals surface area contributed by atoms with E-state index >= 15 is 0 Å². The van der Waals surface area contributed by atoms with Crippen LogP contribution in [0.5, 0.6) is 0 Å². The van der Waals surface area contributed by atoms with Gasteiger partial charge in [-0.1, -0.05) is 42.5 Å². The Morgan fingerprint density at radius 2 is 1.76 bits per heavy atom. The van der Waals surface area contributed by atoms with Gasteiger partial charge in [-0.15, -0.1) is 0 Å². The predicted octanol–water partition coefficient (Wildman–Crippen LogP) is 0.509. The first-order valence-corrected chi connectivity index (χ1v) is 10.4. The largest absolute Gasteiger partial charge is 0.383 e. The molecule has 0 atom stereocenters. The van der Waals surface area contributed by atoms with Gasteiger partial charge in [0.05, 0.1) is 30.9 Å². The Morgan fingerprint density at radius 3 is 2.44 bits per heavy atom. The van der Waals surface area contributed by atoms with Gasteiger partial charge in [-0.05, 0) is 17.7 Å². The first-order chi connectivity index (χ1) is 16.3. The highest BCUT2D eigenvalue weighted by Crippen LogP contribution is 2.20. The number of carbonyl (C=O) groups is 2. The van der Waals surface area contributed by atoms with Crippen molar-refractivity contribution in [3.63, 3.8) is 0 Å². The molecule has 2 amide bonds. The number of benzene rings is 2. The van der Waals surface area contributed by atoms with E-state index in [1.165, 1.54) is 22.6 Å². The van der Waals surface area contributed by atoms with Gasteiger partial charge in [0.1, 0.15) is 11.5 Å². The second-order valence-corrected chi connectivity index (χ2v) is 7.44. The van der Waals surface area contributed by atoms with Gasteiger partial charge in [-0.2, -0.15) is 0 Å². The molecule has 3 aromatic rings. The number of amides is 2. The molecular formula is C23H26N6O5. The van der Waals surface area contributed by atoms with Crippen LogP contribution in [0.3, 0.4) is 0 Å². The van der Waals surface area contributed by atoms with Crippen LogP contribution in [-0.2, 0) is 22.6 Å². The van der Waals surface area contributed by atoms with Crippen molar-refractivity contribution in [1.82, 2.24) is 9.55 Å². The molecule has 0 saturated heterocycles. The van der Waals surface area contributed by atoms with Crippen LogP contribution in [-0.4, -0.2) is 41.6 Å². The predicted molar refractivity (Wildman–Crippen MR) is 129 cm³/mol.